The van der Waals surface area contributed by atoms with Crippen LogP contribution in [-0.2, 0) is 20.6 Å². The summed E-state index contributed by atoms with van der Waals surface area (Å²) in [5, 5.41) is 0. The van der Waals surface area contributed by atoms with Crippen molar-refractivity contribution in [2.45, 2.75) is 30.2 Å². The molecule has 2 rings (SSSR count). The summed E-state index contributed by atoms with van der Waals surface area (Å²) < 4.78 is 32.3. The number of rotatable bonds is 4. The highest BCUT2D eigenvalue weighted by atomic mass is 35.5. The van der Waals surface area contributed by atoms with Gasteiger partial charge in [0.25, 0.3) is 0 Å². The molecule has 1 fully saturated rings. The summed E-state index contributed by atoms with van der Waals surface area (Å²) in [5.74, 6) is 0.191. The smallest absolute Gasteiger partial charge is 0.243 e. The Morgan fingerprint density at radius 3 is 2.84 bits per heavy atom. The first-order valence-corrected chi connectivity index (χ1v) is 8.32. The first kappa shape index (κ1) is 14.8. The number of halogens is 1. The molecule has 1 heterocycles. The highest BCUT2D eigenvalue weighted by Crippen LogP contribution is 2.23. The summed E-state index contributed by atoms with van der Waals surface area (Å²) >= 11 is 5.83. The molecule has 0 bridgehead atoms. The summed E-state index contributed by atoms with van der Waals surface area (Å²) in [4.78, 5) is 0.307. The van der Waals surface area contributed by atoms with Crippen LogP contribution in [0.3, 0.4) is 0 Å². The standard InChI is InChI=1S/C13H18ClNO3S/c1-2-12-10-15(7-8-18-12)19(16,17)13-6-4-3-5-11(13)9-14/h3-6,12H,2,7-10H2,1H3. The van der Waals surface area contributed by atoms with E-state index in [1.807, 2.05) is 6.92 Å². The molecule has 4 nitrogen and oxygen atoms in total. The van der Waals surface area contributed by atoms with Gasteiger partial charge in [0, 0.05) is 19.0 Å². The van der Waals surface area contributed by atoms with Crippen LogP contribution >= 0.6 is 11.6 Å². The molecule has 1 atom stereocenters. The van der Waals surface area contributed by atoms with Gasteiger partial charge in [0.05, 0.1) is 17.6 Å². The van der Waals surface area contributed by atoms with E-state index in [1.165, 1.54) is 4.31 Å². The highest BCUT2D eigenvalue weighted by molar-refractivity contribution is 7.89. The fraction of sp³-hybridized carbons (Fsp3) is 0.538. The number of sulfonamides is 1. The zero-order valence-electron chi connectivity index (χ0n) is 10.9. The fourth-order valence-electron chi connectivity index (χ4n) is 2.16. The third-order valence-electron chi connectivity index (χ3n) is 3.29. The Kier molecular flexibility index (Phi) is 4.84. The van der Waals surface area contributed by atoms with Crippen LogP contribution in [0, 0.1) is 0 Å². The molecule has 1 aromatic rings. The van der Waals surface area contributed by atoms with Gasteiger partial charge in [-0.3, -0.25) is 0 Å². The SMILES string of the molecule is CCC1CN(S(=O)(=O)c2ccccc2CCl)CCO1. The van der Waals surface area contributed by atoms with Crippen molar-refractivity contribution >= 4 is 21.6 Å². The van der Waals surface area contributed by atoms with Crippen molar-refractivity contribution in [3.63, 3.8) is 0 Å². The lowest BCUT2D eigenvalue weighted by Gasteiger charge is -2.32. The topological polar surface area (TPSA) is 46.6 Å². The first-order valence-electron chi connectivity index (χ1n) is 6.35. The summed E-state index contributed by atoms with van der Waals surface area (Å²) in [5.41, 5.74) is 0.642. The predicted molar refractivity (Wildman–Crippen MR) is 74.8 cm³/mol. The maximum atomic E-state index is 12.6. The lowest BCUT2D eigenvalue weighted by Crippen LogP contribution is -2.45. The monoisotopic (exact) mass is 303 g/mol. The van der Waals surface area contributed by atoms with Crippen LogP contribution in [0.1, 0.15) is 18.9 Å². The van der Waals surface area contributed by atoms with Crippen molar-refractivity contribution in [2.24, 2.45) is 0 Å². The van der Waals surface area contributed by atoms with Crippen molar-refractivity contribution in [3.8, 4) is 0 Å². The maximum Gasteiger partial charge on any atom is 0.243 e. The minimum absolute atomic E-state index is 0.0216. The molecule has 1 aromatic carbocycles. The quantitative estimate of drug-likeness (QED) is 0.801. The molecule has 6 heteroatoms. The first-order chi connectivity index (χ1) is 9.09. The molecule has 0 amide bonds. The van der Waals surface area contributed by atoms with Gasteiger partial charge in [0.2, 0.25) is 10.0 Å². The van der Waals surface area contributed by atoms with Gasteiger partial charge in [0.15, 0.2) is 0 Å². The van der Waals surface area contributed by atoms with Crippen LogP contribution in [-0.4, -0.2) is 38.5 Å². The molecule has 1 aliphatic rings. The van der Waals surface area contributed by atoms with E-state index < -0.39 is 10.0 Å². The second-order valence-electron chi connectivity index (χ2n) is 4.51. The Morgan fingerprint density at radius 2 is 2.16 bits per heavy atom. The van der Waals surface area contributed by atoms with Gasteiger partial charge < -0.3 is 4.74 Å². The van der Waals surface area contributed by atoms with Gasteiger partial charge in [-0.25, -0.2) is 8.42 Å². The third kappa shape index (κ3) is 3.11. The second kappa shape index (κ2) is 6.22. The van der Waals surface area contributed by atoms with Crippen LogP contribution in [0.2, 0.25) is 0 Å². The van der Waals surface area contributed by atoms with E-state index in [0.29, 0.717) is 30.2 Å². The number of hydrogen-bond acceptors (Lipinski definition) is 3. The molecule has 0 spiro atoms. The summed E-state index contributed by atoms with van der Waals surface area (Å²) in [6.45, 7) is 3.25. The molecule has 0 aliphatic carbocycles. The van der Waals surface area contributed by atoms with Crippen LogP contribution in [0.15, 0.2) is 29.2 Å². The van der Waals surface area contributed by atoms with E-state index in [1.54, 1.807) is 24.3 Å². The van der Waals surface area contributed by atoms with E-state index in [0.717, 1.165) is 6.42 Å². The average Bonchev–Trinajstić information content (AvgIpc) is 2.47. The zero-order valence-corrected chi connectivity index (χ0v) is 12.5. The van der Waals surface area contributed by atoms with Crippen molar-refractivity contribution in [1.82, 2.24) is 4.31 Å². The largest absolute Gasteiger partial charge is 0.375 e. The van der Waals surface area contributed by atoms with Crippen molar-refractivity contribution in [3.05, 3.63) is 29.8 Å². The van der Waals surface area contributed by atoms with Gasteiger partial charge in [-0.2, -0.15) is 4.31 Å². The fourth-order valence-corrected chi connectivity index (χ4v) is 4.15. The lowest BCUT2D eigenvalue weighted by molar-refractivity contribution is -0.00279. The third-order valence-corrected chi connectivity index (χ3v) is 5.54. The van der Waals surface area contributed by atoms with Crippen molar-refractivity contribution in [2.75, 3.05) is 19.7 Å². The molecule has 106 valence electrons. The van der Waals surface area contributed by atoms with E-state index >= 15 is 0 Å². The number of benzene rings is 1. The van der Waals surface area contributed by atoms with E-state index in [9.17, 15) is 8.42 Å². The highest BCUT2D eigenvalue weighted by Gasteiger charge is 2.31. The molecular formula is C13H18ClNO3S. The minimum Gasteiger partial charge on any atom is -0.375 e. The number of morpholine rings is 1. The van der Waals surface area contributed by atoms with E-state index in [2.05, 4.69) is 0 Å². The maximum absolute atomic E-state index is 12.6. The Bertz CT molecular complexity index is 532. The summed E-state index contributed by atoms with van der Waals surface area (Å²) in [6.07, 6.45) is 0.787. The van der Waals surface area contributed by atoms with Gasteiger partial charge >= 0.3 is 0 Å². The Labute approximate surface area is 119 Å². The average molecular weight is 304 g/mol. The van der Waals surface area contributed by atoms with Crippen LogP contribution in [0.5, 0.6) is 0 Å². The minimum atomic E-state index is -3.48. The van der Waals surface area contributed by atoms with Crippen LogP contribution in [0.4, 0.5) is 0 Å². The molecule has 0 saturated carbocycles. The molecular weight excluding hydrogens is 286 g/mol. The van der Waals surface area contributed by atoms with Gasteiger partial charge in [-0.05, 0) is 18.1 Å². The molecule has 0 N–H and O–H groups in total. The molecule has 19 heavy (non-hydrogen) atoms. The predicted octanol–water partition coefficient (Wildman–Crippen LogP) is 2.22. The van der Waals surface area contributed by atoms with Gasteiger partial charge in [-0.1, -0.05) is 25.1 Å². The number of alkyl halides is 1. The Morgan fingerprint density at radius 1 is 1.42 bits per heavy atom. The number of nitrogens with zero attached hydrogens (tertiary/aromatic N) is 1. The van der Waals surface area contributed by atoms with Crippen molar-refractivity contribution < 1.29 is 13.2 Å². The molecule has 1 unspecified atom stereocenters. The number of hydrogen-bond donors (Lipinski definition) is 0. The summed E-state index contributed by atoms with van der Waals surface area (Å²) in [7, 11) is -3.48. The van der Waals surface area contributed by atoms with Crippen LogP contribution < -0.4 is 0 Å². The van der Waals surface area contributed by atoms with Crippen LogP contribution in [0.25, 0.3) is 0 Å². The lowest BCUT2D eigenvalue weighted by atomic mass is 10.2. The zero-order chi connectivity index (χ0) is 13.9. The Hall–Kier alpha value is -0.620. The Balaban J connectivity index is 2.31. The second-order valence-corrected chi connectivity index (χ2v) is 6.68. The number of ether oxygens (including phenoxy) is 1. The van der Waals surface area contributed by atoms with E-state index in [-0.39, 0.29) is 12.0 Å². The molecule has 1 aliphatic heterocycles. The molecule has 0 radical (unpaired) electrons. The summed E-state index contributed by atoms with van der Waals surface area (Å²) in [6, 6.07) is 6.88. The van der Waals surface area contributed by atoms with E-state index in [4.69, 9.17) is 16.3 Å². The van der Waals surface area contributed by atoms with Gasteiger partial charge in [-0.15, -0.1) is 11.6 Å². The van der Waals surface area contributed by atoms with Gasteiger partial charge in [0.1, 0.15) is 0 Å². The van der Waals surface area contributed by atoms with Crippen molar-refractivity contribution in [1.29, 1.82) is 0 Å². The molecule has 1 saturated heterocycles. The normalized spacial score (nSPS) is 21.5. The molecule has 0 aromatic heterocycles.